The largest absolute Gasteiger partial charge is 0.508 e. The highest BCUT2D eigenvalue weighted by Gasteiger charge is 2.54. The molecule has 2 aliphatic rings. The first kappa shape index (κ1) is 16.6. The highest BCUT2D eigenvalue weighted by molar-refractivity contribution is 5.97. The normalized spacial score (nSPS) is 20.0. The first-order valence-electron chi connectivity index (χ1n) is 8.89. The number of ether oxygens (including phenoxy) is 2. The van der Waals surface area contributed by atoms with E-state index in [2.05, 4.69) is 0 Å². The van der Waals surface area contributed by atoms with E-state index in [1.807, 2.05) is 12.1 Å². The molecular formula is C22H17NO5. The molecule has 0 saturated heterocycles. The minimum absolute atomic E-state index is 0.0117. The maximum absolute atomic E-state index is 12.8. The Morgan fingerprint density at radius 2 is 1.71 bits per heavy atom. The third-order valence-electron chi connectivity index (χ3n) is 5.30. The Kier molecular flexibility index (Phi) is 3.27. The van der Waals surface area contributed by atoms with Crippen molar-refractivity contribution in [1.29, 1.82) is 0 Å². The Morgan fingerprint density at radius 1 is 0.964 bits per heavy atom. The van der Waals surface area contributed by atoms with Crippen LogP contribution in [0.4, 0.5) is 0 Å². The van der Waals surface area contributed by atoms with E-state index in [9.17, 15) is 15.0 Å². The molecule has 0 fully saturated rings. The summed E-state index contributed by atoms with van der Waals surface area (Å²) in [6.07, 6.45) is 0. The number of aromatic hydroxyl groups is 2. The molecular weight excluding hydrogens is 358 g/mol. The third-order valence-corrected chi connectivity index (χ3v) is 5.30. The summed E-state index contributed by atoms with van der Waals surface area (Å²) in [5.41, 5.74) is 7.84. The molecule has 4 N–H and O–H groups in total. The zero-order valence-electron chi connectivity index (χ0n) is 15.0. The van der Waals surface area contributed by atoms with E-state index >= 15 is 0 Å². The van der Waals surface area contributed by atoms with Gasteiger partial charge in [-0.1, -0.05) is 18.2 Å². The van der Waals surface area contributed by atoms with Gasteiger partial charge in [-0.15, -0.1) is 0 Å². The van der Waals surface area contributed by atoms with Gasteiger partial charge in [-0.2, -0.15) is 0 Å². The average molecular weight is 375 g/mol. The second kappa shape index (κ2) is 5.50. The van der Waals surface area contributed by atoms with Crippen LogP contribution >= 0.6 is 0 Å². The van der Waals surface area contributed by atoms with Crippen LogP contribution in [0.15, 0.2) is 54.6 Å². The summed E-state index contributed by atoms with van der Waals surface area (Å²) < 4.78 is 12.0. The SMILES string of the molecule is CC(N)c1cc(O)cc2c1C1(OC(=O)c3ccccc31)c1ccc(O)cc1O2. The summed E-state index contributed by atoms with van der Waals surface area (Å²) in [6.45, 7) is 1.79. The Hall–Kier alpha value is -3.51. The van der Waals surface area contributed by atoms with Crippen LogP contribution in [0, 0.1) is 0 Å². The topological polar surface area (TPSA) is 102 Å². The molecule has 0 saturated carbocycles. The molecule has 0 amide bonds. The minimum Gasteiger partial charge on any atom is -0.508 e. The number of rotatable bonds is 1. The van der Waals surface area contributed by atoms with Gasteiger partial charge in [0.2, 0.25) is 0 Å². The predicted octanol–water partition coefficient (Wildman–Crippen LogP) is 3.69. The summed E-state index contributed by atoms with van der Waals surface area (Å²) in [7, 11) is 0. The second-order valence-electron chi connectivity index (χ2n) is 7.10. The fourth-order valence-electron chi connectivity index (χ4n) is 4.18. The van der Waals surface area contributed by atoms with Crippen LogP contribution in [0.5, 0.6) is 23.0 Å². The number of phenolic OH excluding ortho intramolecular Hbond substituents is 2. The van der Waals surface area contributed by atoms with Crippen LogP contribution in [0.3, 0.4) is 0 Å². The van der Waals surface area contributed by atoms with Gasteiger partial charge in [-0.3, -0.25) is 0 Å². The van der Waals surface area contributed by atoms with Crippen molar-refractivity contribution in [3.8, 4) is 23.0 Å². The van der Waals surface area contributed by atoms with Gasteiger partial charge in [0.25, 0.3) is 0 Å². The van der Waals surface area contributed by atoms with Crippen molar-refractivity contribution >= 4 is 5.97 Å². The van der Waals surface area contributed by atoms with Crippen LogP contribution < -0.4 is 10.5 Å². The lowest BCUT2D eigenvalue weighted by Crippen LogP contribution is -2.35. The first-order valence-corrected chi connectivity index (χ1v) is 8.89. The Labute approximate surface area is 160 Å². The van der Waals surface area contributed by atoms with Crippen LogP contribution in [-0.4, -0.2) is 16.2 Å². The number of esters is 1. The number of fused-ring (bicyclic) bond motifs is 6. The molecule has 0 aliphatic carbocycles. The highest BCUT2D eigenvalue weighted by atomic mass is 16.6. The van der Waals surface area contributed by atoms with Crippen molar-refractivity contribution in [2.75, 3.05) is 0 Å². The highest BCUT2D eigenvalue weighted by Crippen LogP contribution is 2.58. The second-order valence-corrected chi connectivity index (χ2v) is 7.10. The van der Waals surface area contributed by atoms with Crippen molar-refractivity contribution < 1.29 is 24.5 Å². The van der Waals surface area contributed by atoms with E-state index in [0.717, 1.165) is 0 Å². The Morgan fingerprint density at radius 3 is 2.50 bits per heavy atom. The predicted molar refractivity (Wildman–Crippen MR) is 101 cm³/mol. The average Bonchev–Trinajstić information content (AvgIpc) is 2.94. The number of benzene rings is 3. The monoisotopic (exact) mass is 375 g/mol. The van der Waals surface area contributed by atoms with Gasteiger partial charge in [0, 0.05) is 29.3 Å². The molecule has 3 aromatic carbocycles. The Bertz CT molecular complexity index is 1150. The van der Waals surface area contributed by atoms with Gasteiger partial charge < -0.3 is 25.4 Å². The van der Waals surface area contributed by atoms with Crippen LogP contribution in [0.2, 0.25) is 0 Å². The molecule has 0 aromatic heterocycles. The molecule has 6 nitrogen and oxygen atoms in total. The molecule has 2 aliphatic heterocycles. The Balaban J connectivity index is 1.95. The lowest BCUT2D eigenvalue weighted by Gasteiger charge is -2.38. The number of carbonyl (C=O) groups is 1. The van der Waals surface area contributed by atoms with E-state index in [1.165, 1.54) is 18.2 Å². The quantitative estimate of drug-likeness (QED) is 0.561. The maximum Gasteiger partial charge on any atom is 0.340 e. The minimum atomic E-state index is -1.28. The van der Waals surface area contributed by atoms with Gasteiger partial charge in [0.15, 0.2) is 5.60 Å². The van der Waals surface area contributed by atoms with Crippen molar-refractivity contribution in [3.63, 3.8) is 0 Å². The molecule has 2 unspecified atom stereocenters. The molecule has 0 bridgehead atoms. The van der Waals surface area contributed by atoms with Gasteiger partial charge in [-0.25, -0.2) is 4.79 Å². The maximum atomic E-state index is 12.8. The van der Waals surface area contributed by atoms with E-state index in [1.54, 1.807) is 31.2 Å². The molecule has 2 heterocycles. The fraction of sp³-hybridized carbons (Fsp3) is 0.136. The lowest BCUT2D eigenvalue weighted by molar-refractivity contribution is 0.0220. The summed E-state index contributed by atoms with van der Waals surface area (Å²) in [6, 6.07) is 14.4. The van der Waals surface area contributed by atoms with Crippen LogP contribution in [-0.2, 0) is 10.3 Å². The van der Waals surface area contributed by atoms with Crippen molar-refractivity contribution in [1.82, 2.24) is 0 Å². The molecule has 3 aromatic rings. The van der Waals surface area contributed by atoms with Gasteiger partial charge >= 0.3 is 5.97 Å². The third kappa shape index (κ3) is 2.03. The molecule has 140 valence electrons. The number of hydrogen-bond acceptors (Lipinski definition) is 6. The molecule has 2 atom stereocenters. The van der Waals surface area contributed by atoms with Gasteiger partial charge in [0.05, 0.1) is 11.1 Å². The van der Waals surface area contributed by atoms with E-state index in [4.69, 9.17) is 15.2 Å². The van der Waals surface area contributed by atoms with Crippen LogP contribution in [0.1, 0.15) is 45.6 Å². The van der Waals surface area contributed by atoms with E-state index < -0.39 is 17.6 Å². The smallest absolute Gasteiger partial charge is 0.340 e. The van der Waals surface area contributed by atoms with Crippen molar-refractivity contribution in [2.24, 2.45) is 5.73 Å². The van der Waals surface area contributed by atoms with E-state index in [-0.39, 0.29) is 11.5 Å². The fourth-order valence-corrected chi connectivity index (χ4v) is 4.18. The summed E-state index contributed by atoms with van der Waals surface area (Å²) in [5.74, 6) is 0.226. The molecule has 28 heavy (non-hydrogen) atoms. The first-order chi connectivity index (χ1) is 13.4. The summed E-state index contributed by atoms with van der Waals surface area (Å²) in [4.78, 5) is 12.8. The number of carbonyl (C=O) groups excluding carboxylic acids is 1. The van der Waals surface area contributed by atoms with Crippen molar-refractivity contribution in [3.05, 3.63) is 82.4 Å². The zero-order chi connectivity index (χ0) is 19.6. The van der Waals surface area contributed by atoms with Gasteiger partial charge in [0.1, 0.15) is 23.0 Å². The summed E-state index contributed by atoms with van der Waals surface area (Å²) >= 11 is 0. The molecule has 6 heteroatoms. The zero-order valence-corrected chi connectivity index (χ0v) is 15.0. The number of phenols is 2. The number of hydrogen-bond donors (Lipinski definition) is 3. The lowest BCUT2D eigenvalue weighted by atomic mass is 9.75. The molecule has 5 rings (SSSR count). The van der Waals surface area contributed by atoms with Gasteiger partial charge in [-0.05, 0) is 36.8 Å². The standard InChI is InChI=1S/C22H17NO5/c1-11(23)15-8-13(25)10-19-20(15)22(17-7-6-12(24)9-18(17)27-19)16-5-3-2-4-14(16)21(26)28-22/h2-11,24-25H,23H2,1H3. The summed E-state index contributed by atoms with van der Waals surface area (Å²) in [5, 5.41) is 20.2. The van der Waals surface area contributed by atoms with Crippen LogP contribution in [0.25, 0.3) is 0 Å². The van der Waals surface area contributed by atoms with Crippen molar-refractivity contribution in [2.45, 2.75) is 18.6 Å². The molecule has 0 radical (unpaired) electrons. The number of nitrogens with two attached hydrogens (primary N) is 1. The van der Waals surface area contributed by atoms with E-state index in [0.29, 0.717) is 39.3 Å². The molecule has 1 spiro atoms.